The normalized spacial score (nSPS) is 21.1. The first-order valence-electron chi connectivity index (χ1n) is 9.02. The minimum Gasteiger partial charge on any atom is -0.382 e. The maximum absolute atomic E-state index is 12.3. The molecule has 1 saturated heterocycles. The number of hydrogen-bond donors (Lipinski definition) is 3. The first kappa shape index (κ1) is 20.9. The van der Waals surface area contributed by atoms with Crippen LogP contribution >= 0.6 is 7.60 Å². The molecule has 156 valence electrons. The van der Waals surface area contributed by atoms with E-state index in [9.17, 15) is 14.4 Å². The number of nitrogens with zero attached hydrogens (tertiary/aromatic N) is 4. The van der Waals surface area contributed by atoms with Crippen LogP contribution in [0.5, 0.6) is 0 Å². The quantitative estimate of drug-likeness (QED) is 0.561. The second kappa shape index (κ2) is 7.57. The van der Waals surface area contributed by atoms with Gasteiger partial charge in [0.1, 0.15) is 12.7 Å². The Bertz CT molecular complexity index is 874. The lowest BCUT2D eigenvalue weighted by Crippen LogP contribution is -2.46. The number of hydrogen-bond acceptors (Lipinski definition) is 8. The molecule has 2 atom stereocenters. The molecule has 2 aromatic rings. The van der Waals surface area contributed by atoms with Gasteiger partial charge >= 0.3 is 7.60 Å². The van der Waals surface area contributed by atoms with Gasteiger partial charge < -0.3 is 29.8 Å². The first-order chi connectivity index (χ1) is 13.1. The number of nitrogens with two attached hydrogens (primary N) is 1. The molecule has 1 aliphatic heterocycles. The van der Waals surface area contributed by atoms with Crippen molar-refractivity contribution in [3.05, 3.63) is 12.7 Å². The van der Waals surface area contributed by atoms with Crippen LogP contribution in [0.1, 0.15) is 34.1 Å². The van der Waals surface area contributed by atoms with Crippen LogP contribution < -0.4 is 10.6 Å². The van der Waals surface area contributed by atoms with Crippen molar-refractivity contribution in [3.8, 4) is 0 Å². The number of rotatable bonds is 7. The van der Waals surface area contributed by atoms with Crippen LogP contribution in [0.15, 0.2) is 12.7 Å². The molecule has 4 N–H and O–H groups in total. The highest BCUT2D eigenvalue weighted by molar-refractivity contribution is 7.53. The third kappa shape index (κ3) is 3.60. The van der Waals surface area contributed by atoms with Gasteiger partial charge in [0.15, 0.2) is 16.7 Å². The molecule has 1 unspecified atom stereocenters. The summed E-state index contributed by atoms with van der Waals surface area (Å²) in [5, 5.41) is -1.60. The number of nitrogen functional groups attached to an aromatic ring is 1. The van der Waals surface area contributed by atoms with E-state index in [1.165, 1.54) is 17.4 Å². The summed E-state index contributed by atoms with van der Waals surface area (Å²) >= 11 is 0. The lowest BCUT2D eigenvalue weighted by atomic mass is 9.94. The average Bonchev–Trinajstić information content (AvgIpc) is 3.19. The Morgan fingerprint density at radius 1 is 1.29 bits per heavy atom. The Hall–Kier alpha value is -1.78. The van der Waals surface area contributed by atoms with Crippen LogP contribution in [0, 0.1) is 11.8 Å². The smallest absolute Gasteiger partial charge is 0.357 e. The summed E-state index contributed by atoms with van der Waals surface area (Å²) in [6.45, 7) is 7.11. The number of anilines is 1. The van der Waals surface area contributed by atoms with Gasteiger partial charge in [0.05, 0.1) is 12.7 Å². The van der Waals surface area contributed by atoms with Crippen LogP contribution in [0.25, 0.3) is 11.2 Å². The summed E-state index contributed by atoms with van der Waals surface area (Å²) in [4.78, 5) is 37.9. The Kier molecular flexibility index (Phi) is 5.66. The monoisotopic (exact) mass is 415 g/mol. The van der Waals surface area contributed by atoms with E-state index in [4.69, 9.17) is 20.0 Å². The molecule has 3 heterocycles. The highest BCUT2D eigenvalue weighted by atomic mass is 31.2. The Morgan fingerprint density at radius 3 is 2.57 bits per heavy atom. The number of ether oxygens (including phenoxy) is 2. The van der Waals surface area contributed by atoms with E-state index < -0.39 is 37.2 Å². The van der Waals surface area contributed by atoms with Crippen molar-refractivity contribution >= 4 is 24.6 Å². The molecule has 28 heavy (non-hydrogen) atoms. The number of fused-ring (bicyclic) bond motifs is 1. The van der Waals surface area contributed by atoms with Crippen molar-refractivity contribution in [1.82, 2.24) is 19.7 Å². The standard InChI is InChI=1S/C16H26N5O6P/c1-9(2)16(10(3)4,28(22,23)24)26-11-5-12(25-6-11)27-21-8-20-13-14(17)18-7-19-15(13)21/h7-12H,5-6H2,1-4H3,(H2,17,18,19)(H2,22,23,24)/t11-,12?/m0/s1. The first-order valence-corrected chi connectivity index (χ1v) is 10.6. The lowest BCUT2D eigenvalue weighted by Gasteiger charge is -2.42. The Morgan fingerprint density at radius 2 is 1.96 bits per heavy atom. The fourth-order valence-corrected chi connectivity index (χ4v) is 5.34. The second-order valence-corrected chi connectivity index (χ2v) is 9.24. The van der Waals surface area contributed by atoms with E-state index >= 15 is 0 Å². The van der Waals surface area contributed by atoms with Gasteiger partial charge in [0.2, 0.25) is 11.9 Å². The summed E-state index contributed by atoms with van der Waals surface area (Å²) < 4.78 is 25.3. The van der Waals surface area contributed by atoms with E-state index in [-0.39, 0.29) is 12.4 Å². The van der Waals surface area contributed by atoms with Gasteiger partial charge in [-0.1, -0.05) is 27.7 Å². The maximum Gasteiger partial charge on any atom is 0.357 e. The molecule has 1 aliphatic rings. The van der Waals surface area contributed by atoms with E-state index in [0.29, 0.717) is 17.6 Å². The zero-order valence-corrected chi connectivity index (χ0v) is 17.1. The summed E-state index contributed by atoms with van der Waals surface area (Å²) in [6, 6.07) is 0. The SMILES string of the molecule is CC(C)C(O[C@@H]1COC(On2cnc3c(N)ncnc32)C1)(C(C)C)P(=O)(O)O. The predicted octanol–water partition coefficient (Wildman–Crippen LogP) is 1.15. The second-order valence-electron chi connectivity index (χ2n) is 7.45. The summed E-state index contributed by atoms with van der Waals surface area (Å²) in [7, 11) is -4.55. The zero-order valence-electron chi connectivity index (χ0n) is 16.2. The van der Waals surface area contributed by atoms with E-state index in [2.05, 4.69) is 15.0 Å². The van der Waals surface area contributed by atoms with Crippen molar-refractivity contribution in [3.63, 3.8) is 0 Å². The van der Waals surface area contributed by atoms with E-state index in [0.717, 1.165) is 0 Å². The number of aromatic nitrogens is 4. The molecular formula is C16H26N5O6P. The van der Waals surface area contributed by atoms with Gasteiger partial charge in [-0.2, -0.15) is 0 Å². The highest BCUT2D eigenvalue weighted by Crippen LogP contribution is 2.60. The van der Waals surface area contributed by atoms with Gasteiger partial charge in [-0.25, -0.2) is 15.0 Å². The van der Waals surface area contributed by atoms with Gasteiger partial charge in [-0.15, -0.1) is 4.73 Å². The molecule has 3 rings (SSSR count). The summed E-state index contributed by atoms with van der Waals surface area (Å²) in [6.07, 6.45) is 1.79. The van der Waals surface area contributed by atoms with Crippen LogP contribution in [0.2, 0.25) is 0 Å². The third-order valence-electron chi connectivity index (χ3n) is 4.95. The predicted molar refractivity (Wildman–Crippen MR) is 100.0 cm³/mol. The van der Waals surface area contributed by atoms with Crippen molar-refractivity contribution < 1.29 is 28.7 Å². The van der Waals surface area contributed by atoms with Crippen LogP contribution in [0.3, 0.4) is 0 Å². The minimum absolute atomic E-state index is 0.148. The zero-order chi connectivity index (χ0) is 20.7. The molecule has 0 spiro atoms. The molecule has 0 aliphatic carbocycles. The third-order valence-corrected chi connectivity index (χ3v) is 7.00. The molecule has 0 saturated carbocycles. The molecule has 2 aromatic heterocycles. The molecule has 1 fully saturated rings. The highest BCUT2D eigenvalue weighted by Gasteiger charge is 2.55. The number of imidazole rings is 1. The molecule has 0 radical (unpaired) electrons. The van der Waals surface area contributed by atoms with E-state index in [1.54, 1.807) is 27.7 Å². The fraction of sp³-hybridized carbons (Fsp3) is 0.688. The molecule has 12 heteroatoms. The van der Waals surface area contributed by atoms with Crippen LogP contribution in [-0.2, 0) is 14.0 Å². The van der Waals surface area contributed by atoms with E-state index in [1.807, 2.05) is 0 Å². The topological polar surface area (TPSA) is 155 Å². The van der Waals surface area contributed by atoms with Crippen molar-refractivity contribution in [2.45, 2.75) is 51.9 Å². The van der Waals surface area contributed by atoms with Crippen LogP contribution in [-0.4, -0.2) is 53.8 Å². The van der Waals surface area contributed by atoms with Crippen LogP contribution in [0.4, 0.5) is 5.82 Å². The fourth-order valence-electron chi connectivity index (χ4n) is 3.70. The van der Waals surface area contributed by atoms with Gasteiger partial charge in [0, 0.05) is 6.42 Å². The molecule has 0 amide bonds. The van der Waals surface area contributed by atoms with Crippen molar-refractivity contribution in [1.29, 1.82) is 0 Å². The average molecular weight is 415 g/mol. The largest absolute Gasteiger partial charge is 0.382 e. The maximum atomic E-state index is 12.3. The van der Waals surface area contributed by atoms with Gasteiger partial charge in [0.25, 0.3) is 0 Å². The minimum atomic E-state index is -4.55. The Balaban J connectivity index is 1.74. The Labute approximate surface area is 162 Å². The lowest BCUT2D eigenvalue weighted by molar-refractivity contribution is -0.114. The molecular weight excluding hydrogens is 389 g/mol. The van der Waals surface area contributed by atoms with Crippen molar-refractivity contribution in [2.24, 2.45) is 11.8 Å². The summed E-state index contributed by atoms with van der Waals surface area (Å²) in [5.74, 6) is -0.558. The van der Waals surface area contributed by atoms with Gasteiger partial charge in [-0.3, -0.25) is 4.57 Å². The van der Waals surface area contributed by atoms with Gasteiger partial charge in [-0.05, 0) is 11.8 Å². The summed E-state index contributed by atoms with van der Waals surface area (Å²) in [5.41, 5.74) is 6.57. The molecule has 0 aromatic carbocycles. The van der Waals surface area contributed by atoms with Crippen molar-refractivity contribution in [2.75, 3.05) is 12.3 Å². The molecule has 0 bridgehead atoms. The molecule has 11 nitrogen and oxygen atoms in total.